The van der Waals surface area contributed by atoms with E-state index in [1.807, 2.05) is 18.5 Å². The summed E-state index contributed by atoms with van der Waals surface area (Å²) >= 11 is 0. The van der Waals surface area contributed by atoms with Crippen LogP contribution in [0.4, 0.5) is 0 Å². The minimum absolute atomic E-state index is 0. The van der Waals surface area contributed by atoms with E-state index in [9.17, 15) is 0 Å². The Hall–Kier alpha value is -1.20. The minimum Gasteiger partial charge on any atom is -0.317 e. The lowest BCUT2D eigenvalue weighted by atomic mass is 9.71. The summed E-state index contributed by atoms with van der Waals surface area (Å²) < 4.78 is 0. The second-order valence-electron chi connectivity index (χ2n) is 7.70. The maximum Gasteiger partial charge on any atom is 0.159 e. The monoisotopic (exact) mass is 392 g/mol. The van der Waals surface area contributed by atoms with Gasteiger partial charge in [0.1, 0.15) is 0 Å². The number of hydrogen-bond donors (Lipinski definition) is 1. The van der Waals surface area contributed by atoms with E-state index in [0.717, 1.165) is 11.4 Å². The predicted octanol–water partition coefficient (Wildman–Crippen LogP) is 3.66. The minimum atomic E-state index is 0. The Bertz CT molecular complexity index is 739. The van der Waals surface area contributed by atoms with Gasteiger partial charge in [0, 0.05) is 37.1 Å². The summed E-state index contributed by atoms with van der Waals surface area (Å²) in [7, 11) is 0. The number of benzene rings is 1. The van der Waals surface area contributed by atoms with Crippen molar-refractivity contribution in [1.82, 2.24) is 20.2 Å². The van der Waals surface area contributed by atoms with Gasteiger partial charge in [-0.15, -0.1) is 24.8 Å². The van der Waals surface area contributed by atoms with Gasteiger partial charge in [-0.3, -0.25) is 4.90 Å². The normalized spacial score (nSPS) is 23.5. The summed E-state index contributed by atoms with van der Waals surface area (Å²) in [6.07, 6.45) is 8.79. The molecule has 5 rings (SSSR count). The summed E-state index contributed by atoms with van der Waals surface area (Å²) in [5.74, 6) is 0.835. The Labute approximate surface area is 167 Å². The van der Waals surface area contributed by atoms with Gasteiger partial charge in [0.25, 0.3) is 0 Å². The van der Waals surface area contributed by atoms with Crippen LogP contribution < -0.4 is 5.32 Å². The molecule has 1 aliphatic carbocycles. The third kappa shape index (κ3) is 3.36. The van der Waals surface area contributed by atoms with E-state index in [-0.39, 0.29) is 24.8 Å². The zero-order chi connectivity index (χ0) is 16.0. The molecule has 26 heavy (non-hydrogen) atoms. The van der Waals surface area contributed by atoms with Gasteiger partial charge in [0.15, 0.2) is 5.82 Å². The van der Waals surface area contributed by atoms with Crippen molar-refractivity contribution in [3.8, 4) is 11.4 Å². The van der Waals surface area contributed by atoms with Crippen LogP contribution in [0, 0.1) is 5.41 Å². The zero-order valence-electron chi connectivity index (χ0n) is 14.9. The van der Waals surface area contributed by atoms with Gasteiger partial charge >= 0.3 is 0 Å². The number of halogens is 2. The highest BCUT2D eigenvalue weighted by Crippen LogP contribution is 2.47. The van der Waals surface area contributed by atoms with E-state index in [1.165, 1.54) is 57.4 Å². The molecule has 140 valence electrons. The Balaban J connectivity index is 0.000000980. The molecule has 4 nitrogen and oxygen atoms in total. The molecule has 0 saturated carbocycles. The largest absolute Gasteiger partial charge is 0.317 e. The average Bonchev–Trinajstić information content (AvgIpc) is 3.04. The molecule has 1 N–H and O–H groups in total. The quantitative estimate of drug-likeness (QED) is 0.846. The molecule has 0 radical (unpaired) electrons. The number of aryl methyl sites for hydroxylation is 1. The molecule has 1 aromatic heterocycles. The van der Waals surface area contributed by atoms with Crippen LogP contribution in [0.2, 0.25) is 0 Å². The first kappa shape index (κ1) is 19.6. The molecular formula is C20H26Cl2N4. The summed E-state index contributed by atoms with van der Waals surface area (Å²) in [5.41, 5.74) is 4.80. The van der Waals surface area contributed by atoms with Gasteiger partial charge in [-0.05, 0) is 67.4 Å². The highest BCUT2D eigenvalue weighted by atomic mass is 35.5. The van der Waals surface area contributed by atoms with Crippen LogP contribution in [0.25, 0.3) is 11.4 Å². The number of nitrogens with one attached hydrogen (secondary N) is 1. The van der Waals surface area contributed by atoms with Crippen LogP contribution >= 0.6 is 24.8 Å². The van der Waals surface area contributed by atoms with Crippen LogP contribution in [0.3, 0.4) is 0 Å². The van der Waals surface area contributed by atoms with Crippen LogP contribution in [0.5, 0.6) is 0 Å². The molecule has 6 heteroatoms. The SMILES string of the molecule is Cl.Cl.c1cnc(-c2ccc3c(c2)CCC3N2CC3(CCNCC3)C2)nc1. The summed E-state index contributed by atoms with van der Waals surface area (Å²) in [4.78, 5) is 11.5. The standard InChI is InChI=1S/C20H24N4.2ClH/c1-8-22-19(23-9-1)16-2-4-17-15(12-16)3-5-18(17)24-13-20(14-24)6-10-21-11-7-20;;/h1-2,4,8-9,12,18,21H,3,5-7,10-11,13-14H2;2*1H. The van der Waals surface area contributed by atoms with E-state index in [0.29, 0.717) is 11.5 Å². The lowest BCUT2D eigenvalue weighted by Gasteiger charge is -2.55. The van der Waals surface area contributed by atoms with Gasteiger partial charge in [-0.2, -0.15) is 0 Å². The van der Waals surface area contributed by atoms with Crippen LogP contribution in [0.15, 0.2) is 36.7 Å². The fourth-order valence-corrected chi connectivity index (χ4v) is 4.87. The first-order valence-electron chi connectivity index (χ1n) is 9.18. The lowest BCUT2D eigenvalue weighted by Crippen LogP contribution is -2.60. The van der Waals surface area contributed by atoms with Crippen LogP contribution in [-0.4, -0.2) is 41.0 Å². The smallest absolute Gasteiger partial charge is 0.159 e. The molecule has 2 saturated heterocycles. The van der Waals surface area contributed by atoms with Gasteiger partial charge < -0.3 is 5.32 Å². The first-order valence-corrected chi connectivity index (χ1v) is 9.18. The lowest BCUT2D eigenvalue weighted by molar-refractivity contribution is -0.0512. The summed E-state index contributed by atoms with van der Waals surface area (Å²) in [6.45, 7) is 5.00. The van der Waals surface area contributed by atoms with E-state index < -0.39 is 0 Å². The van der Waals surface area contributed by atoms with E-state index >= 15 is 0 Å². The van der Waals surface area contributed by atoms with Crippen molar-refractivity contribution in [2.24, 2.45) is 5.41 Å². The highest BCUT2D eigenvalue weighted by Gasteiger charge is 2.46. The summed E-state index contributed by atoms with van der Waals surface area (Å²) in [6, 6.07) is 9.34. The molecule has 1 spiro atoms. The van der Waals surface area contributed by atoms with Gasteiger partial charge in [-0.25, -0.2) is 9.97 Å². The fourth-order valence-electron chi connectivity index (χ4n) is 4.87. The molecule has 2 fully saturated rings. The van der Waals surface area contributed by atoms with Gasteiger partial charge in [-0.1, -0.05) is 12.1 Å². The van der Waals surface area contributed by atoms with Gasteiger partial charge in [0.05, 0.1) is 0 Å². The molecule has 0 amide bonds. The molecule has 3 heterocycles. The van der Waals surface area contributed by atoms with E-state index in [4.69, 9.17) is 0 Å². The molecule has 1 atom stereocenters. The third-order valence-corrected chi connectivity index (χ3v) is 6.20. The van der Waals surface area contributed by atoms with Crippen molar-refractivity contribution in [2.45, 2.75) is 31.7 Å². The summed E-state index contributed by atoms with van der Waals surface area (Å²) in [5, 5.41) is 3.50. The number of nitrogens with zero attached hydrogens (tertiary/aromatic N) is 3. The second kappa shape index (κ2) is 7.81. The van der Waals surface area contributed by atoms with Crippen molar-refractivity contribution in [3.63, 3.8) is 0 Å². The maximum absolute atomic E-state index is 4.39. The molecule has 0 bridgehead atoms. The number of fused-ring (bicyclic) bond motifs is 1. The van der Waals surface area contributed by atoms with Gasteiger partial charge in [0.2, 0.25) is 0 Å². The van der Waals surface area contributed by atoms with Crippen molar-refractivity contribution in [2.75, 3.05) is 26.2 Å². The molecule has 1 aromatic carbocycles. The molecular weight excluding hydrogens is 367 g/mol. The van der Waals surface area contributed by atoms with Crippen molar-refractivity contribution in [1.29, 1.82) is 0 Å². The first-order chi connectivity index (χ1) is 11.8. The number of piperidine rings is 1. The Kier molecular flexibility index (Phi) is 5.88. The number of aromatic nitrogens is 2. The fraction of sp³-hybridized carbons (Fsp3) is 0.500. The predicted molar refractivity (Wildman–Crippen MR) is 109 cm³/mol. The second-order valence-corrected chi connectivity index (χ2v) is 7.70. The van der Waals surface area contributed by atoms with Crippen LogP contribution in [0.1, 0.15) is 36.4 Å². The maximum atomic E-state index is 4.39. The van der Waals surface area contributed by atoms with Crippen molar-refractivity contribution >= 4 is 24.8 Å². The molecule has 2 aliphatic heterocycles. The third-order valence-electron chi connectivity index (χ3n) is 6.20. The number of hydrogen-bond acceptors (Lipinski definition) is 4. The van der Waals surface area contributed by atoms with E-state index in [1.54, 1.807) is 5.56 Å². The van der Waals surface area contributed by atoms with Crippen molar-refractivity contribution in [3.05, 3.63) is 47.8 Å². The molecule has 3 aliphatic rings. The molecule has 1 unspecified atom stereocenters. The Morgan fingerprint density at radius 2 is 1.77 bits per heavy atom. The Morgan fingerprint density at radius 3 is 2.50 bits per heavy atom. The van der Waals surface area contributed by atoms with Crippen LogP contribution in [-0.2, 0) is 6.42 Å². The van der Waals surface area contributed by atoms with E-state index in [2.05, 4.69) is 38.4 Å². The van der Waals surface area contributed by atoms with Crippen molar-refractivity contribution < 1.29 is 0 Å². The Morgan fingerprint density at radius 1 is 1.04 bits per heavy atom. The molecule has 2 aromatic rings. The highest BCUT2D eigenvalue weighted by molar-refractivity contribution is 5.85. The topological polar surface area (TPSA) is 41.1 Å². The number of likely N-dealkylation sites (tertiary alicyclic amines) is 1. The average molecular weight is 393 g/mol. The zero-order valence-corrected chi connectivity index (χ0v) is 16.5. The number of rotatable bonds is 2.